The first-order valence-corrected chi connectivity index (χ1v) is 5.98. The molecule has 0 unspecified atom stereocenters. The molecule has 0 atom stereocenters. The average molecular weight is 347 g/mol. The molecule has 2 nitrogen and oxygen atoms in total. The summed E-state index contributed by atoms with van der Waals surface area (Å²) in [5.41, 5.74) is 0. The molecule has 0 amide bonds. The van der Waals surface area contributed by atoms with Gasteiger partial charge in [0.2, 0.25) is 5.88 Å². The molecule has 0 N–H and O–H groups in total. The Balaban J connectivity index is 2.27. The Morgan fingerprint density at radius 2 is 1.94 bits per heavy atom. The zero-order chi connectivity index (χ0) is 11.5. The molecule has 0 bridgehead atoms. The Morgan fingerprint density at radius 3 is 2.62 bits per heavy atom. The van der Waals surface area contributed by atoms with Crippen LogP contribution in [-0.2, 0) is 0 Å². The molecule has 0 aliphatic rings. The number of benzene rings is 1. The summed E-state index contributed by atoms with van der Waals surface area (Å²) < 4.78 is 19.8. The van der Waals surface area contributed by atoms with E-state index in [-0.39, 0.29) is 5.82 Å². The molecule has 1 aromatic heterocycles. The smallest absolute Gasteiger partial charge is 0.220 e. The Kier molecular flexibility index (Phi) is 3.56. The largest absolute Gasteiger partial charge is 0.439 e. The molecular formula is C11H6Br2FNO. The normalized spacial score (nSPS) is 10.2. The van der Waals surface area contributed by atoms with E-state index in [4.69, 9.17) is 4.74 Å². The van der Waals surface area contributed by atoms with Gasteiger partial charge in [0.1, 0.15) is 16.2 Å². The van der Waals surface area contributed by atoms with Gasteiger partial charge in [0.15, 0.2) is 0 Å². The van der Waals surface area contributed by atoms with Crippen LogP contribution in [-0.4, -0.2) is 4.98 Å². The van der Waals surface area contributed by atoms with E-state index in [0.717, 1.165) is 0 Å². The zero-order valence-electron chi connectivity index (χ0n) is 7.95. The minimum atomic E-state index is -0.362. The number of aromatic nitrogens is 1. The van der Waals surface area contributed by atoms with E-state index in [9.17, 15) is 4.39 Å². The van der Waals surface area contributed by atoms with Crippen LogP contribution in [0.15, 0.2) is 45.5 Å². The Hall–Kier alpha value is -0.940. The van der Waals surface area contributed by atoms with Crippen molar-refractivity contribution in [1.82, 2.24) is 4.98 Å². The maximum Gasteiger partial charge on any atom is 0.220 e. The highest BCUT2D eigenvalue weighted by Gasteiger charge is 2.02. The van der Waals surface area contributed by atoms with Crippen LogP contribution in [0.3, 0.4) is 0 Å². The second-order valence-corrected chi connectivity index (χ2v) is 4.73. The molecule has 0 saturated carbocycles. The van der Waals surface area contributed by atoms with Gasteiger partial charge < -0.3 is 4.74 Å². The number of halogens is 3. The monoisotopic (exact) mass is 345 g/mol. The van der Waals surface area contributed by atoms with Crippen LogP contribution in [0, 0.1) is 5.82 Å². The van der Waals surface area contributed by atoms with E-state index in [2.05, 4.69) is 36.8 Å². The van der Waals surface area contributed by atoms with E-state index in [0.29, 0.717) is 20.7 Å². The third kappa shape index (κ3) is 3.02. The van der Waals surface area contributed by atoms with Crippen LogP contribution < -0.4 is 4.74 Å². The van der Waals surface area contributed by atoms with Crippen LogP contribution in [0.2, 0.25) is 0 Å². The minimum absolute atomic E-state index is 0.362. The van der Waals surface area contributed by atoms with Crippen LogP contribution >= 0.6 is 31.9 Å². The van der Waals surface area contributed by atoms with Gasteiger partial charge in [-0.1, -0.05) is 22.0 Å². The fourth-order valence-electron chi connectivity index (χ4n) is 1.15. The van der Waals surface area contributed by atoms with Gasteiger partial charge in [-0.3, -0.25) is 0 Å². The molecule has 1 aromatic carbocycles. The molecule has 1 heterocycles. The van der Waals surface area contributed by atoms with Crippen LogP contribution in [0.4, 0.5) is 4.39 Å². The summed E-state index contributed by atoms with van der Waals surface area (Å²) in [6, 6.07) is 9.61. The first-order valence-electron chi connectivity index (χ1n) is 4.40. The van der Waals surface area contributed by atoms with E-state index < -0.39 is 0 Å². The standard InChI is InChI=1S/C11H6Br2FNO/c12-7-4-8(14)6-9(5-7)16-11-3-1-2-10(13)15-11/h1-6H. The molecular weight excluding hydrogens is 341 g/mol. The predicted octanol–water partition coefficient (Wildman–Crippen LogP) is 4.54. The first kappa shape index (κ1) is 11.5. The Bertz CT molecular complexity index is 499. The van der Waals surface area contributed by atoms with Crippen molar-refractivity contribution in [3.8, 4) is 11.6 Å². The summed E-state index contributed by atoms with van der Waals surface area (Å²) >= 11 is 6.42. The van der Waals surface area contributed by atoms with Gasteiger partial charge in [-0.2, -0.15) is 0 Å². The lowest BCUT2D eigenvalue weighted by Gasteiger charge is -2.05. The Labute approximate surface area is 109 Å². The molecule has 0 radical (unpaired) electrons. The molecule has 0 aliphatic heterocycles. The lowest BCUT2D eigenvalue weighted by Crippen LogP contribution is -1.88. The van der Waals surface area contributed by atoms with Crippen molar-refractivity contribution in [2.45, 2.75) is 0 Å². The second-order valence-electron chi connectivity index (χ2n) is 3.01. The van der Waals surface area contributed by atoms with Crippen molar-refractivity contribution in [3.63, 3.8) is 0 Å². The number of hydrogen-bond acceptors (Lipinski definition) is 2. The van der Waals surface area contributed by atoms with Crippen molar-refractivity contribution in [2.24, 2.45) is 0 Å². The number of hydrogen-bond donors (Lipinski definition) is 0. The van der Waals surface area contributed by atoms with Crippen LogP contribution in [0.25, 0.3) is 0 Å². The number of ether oxygens (including phenoxy) is 1. The highest BCUT2D eigenvalue weighted by Crippen LogP contribution is 2.25. The molecule has 0 saturated heterocycles. The fraction of sp³-hybridized carbons (Fsp3) is 0. The molecule has 0 fully saturated rings. The zero-order valence-corrected chi connectivity index (χ0v) is 11.1. The summed E-state index contributed by atoms with van der Waals surface area (Å²) in [5, 5.41) is 0. The van der Waals surface area contributed by atoms with Gasteiger partial charge in [-0.25, -0.2) is 9.37 Å². The fourth-order valence-corrected chi connectivity index (χ4v) is 1.93. The van der Waals surface area contributed by atoms with Crippen LogP contribution in [0.1, 0.15) is 0 Å². The first-order chi connectivity index (χ1) is 7.63. The van der Waals surface area contributed by atoms with Crippen molar-refractivity contribution in [2.75, 3.05) is 0 Å². The maximum absolute atomic E-state index is 13.1. The third-order valence-corrected chi connectivity index (χ3v) is 2.65. The van der Waals surface area contributed by atoms with E-state index >= 15 is 0 Å². The second kappa shape index (κ2) is 4.93. The van der Waals surface area contributed by atoms with E-state index in [1.54, 1.807) is 24.3 Å². The predicted molar refractivity (Wildman–Crippen MR) is 66.1 cm³/mol. The van der Waals surface area contributed by atoms with Crippen molar-refractivity contribution in [3.05, 3.63) is 51.3 Å². The quantitative estimate of drug-likeness (QED) is 0.745. The van der Waals surface area contributed by atoms with Gasteiger partial charge in [-0.15, -0.1) is 0 Å². The Morgan fingerprint density at radius 1 is 1.12 bits per heavy atom. The van der Waals surface area contributed by atoms with E-state index in [1.165, 1.54) is 12.1 Å². The molecule has 0 spiro atoms. The molecule has 82 valence electrons. The average Bonchev–Trinajstić information content (AvgIpc) is 2.15. The van der Waals surface area contributed by atoms with Crippen molar-refractivity contribution < 1.29 is 9.13 Å². The third-order valence-electron chi connectivity index (χ3n) is 1.75. The lowest BCUT2D eigenvalue weighted by molar-refractivity contribution is 0.456. The van der Waals surface area contributed by atoms with Gasteiger partial charge >= 0.3 is 0 Å². The van der Waals surface area contributed by atoms with Gasteiger partial charge in [-0.05, 0) is 34.1 Å². The molecule has 2 aromatic rings. The number of pyridine rings is 1. The maximum atomic E-state index is 13.1. The molecule has 16 heavy (non-hydrogen) atoms. The summed E-state index contributed by atoms with van der Waals surface area (Å²) in [5.74, 6) is 0.448. The highest BCUT2D eigenvalue weighted by molar-refractivity contribution is 9.10. The van der Waals surface area contributed by atoms with Gasteiger partial charge in [0.05, 0.1) is 0 Å². The SMILES string of the molecule is Fc1cc(Br)cc(Oc2cccc(Br)n2)c1. The van der Waals surface area contributed by atoms with Gasteiger partial charge in [0, 0.05) is 16.6 Å². The van der Waals surface area contributed by atoms with E-state index in [1.807, 2.05) is 0 Å². The summed E-state index contributed by atoms with van der Waals surface area (Å²) in [7, 11) is 0. The summed E-state index contributed by atoms with van der Waals surface area (Å²) in [6.07, 6.45) is 0. The number of rotatable bonds is 2. The van der Waals surface area contributed by atoms with Crippen molar-refractivity contribution >= 4 is 31.9 Å². The van der Waals surface area contributed by atoms with Crippen LogP contribution in [0.5, 0.6) is 11.6 Å². The molecule has 0 aliphatic carbocycles. The van der Waals surface area contributed by atoms with Crippen molar-refractivity contribution in [1.29, 1.82) is 0 Å². The lowest BCUT2D eigenvalue weighted by atomic mass is 10.3. The topological polar surface area (TPSA) is 22.1 Å². The molecule has 2 rings (SSSR count). The minimum Gasteiger partial charge on any atom is -0.439 e. The van der Waals surface area contributed by atoms with Gasteiger partial charge in [0.25, 0.3) is 0 Å². The summed E-state index contributed by atoms with van der Waals surface area (Å²) in [4.78, 5) is 4.08. The molecule has 5 heteroatoms. The number of nitrogens with zero attached hydrogens (tertiary/aromatic N) is 1. The summed E-state index contributed by atoms with van der Waals surface area (Å²) in [6.45, 7) is 0. The highest BCUT2D eigenvalue weighted by atomic mass is 79.9.